The molecule has 0 aliphatic rings. The molecule has 2 rings (SSSR count). The molecule has 0 aromatic heterocycles. The van der Waals surface area contributed by atoms with Crippen molar-refractivity contribution in [3.8, 4) is 0 Å². The summed E-state index contributed by atoms with van der Waals surface area (Å²) in [6.45, 7) is 7.39. The number of aryl methyl sites for hydroxylation is 2. The Labute approximate surface area is 127 Å². The van der Waals surface area contributed by atoms with Crippen LogP contribution < -0.4 is 5.32 Å². The molecule has 2 aromatic carbocycles. The molecule has 0 saturated heterocycles. The van der Waals surface area contributed by atoms with E-state index in [0.717, 1.165) is 23.6 Å². The van der Waals surface area contributed by atoms with E-state index in [1.807, 2.05) is 6.07 Å². The number of benzene rings is 2. The first kappa shape index (κ1) is 15.1. The van der Waals surface area contributed by atoms with Crippen LogP contribution in [0.3, 0.4) is 0 Å². The van der Waals surface area contributed by atoms with Gasteiger partial charge in [-0.25, -0.2) is 0 Å². The van der Waals surface area contributed by atoms with Gasteiger partial charge in [0.1, 0.15) is 0 Å². The van der Waals surface area contributed by atoms with Crippen molar-refractivity contribution >= 4 is 11.6 Å². The minimum absolute atomic E-state index is 0.156. The molecule has 0 fully saturated rings. The van der Waals surface area contributed by atoms with Gasteiger partial charge in [0.15, 0.2) is 0 Å². The van der Waals surface area contributed by atoms with Crippen molar-refractivity contribution in [3.63, 3.8) is 0 Å². The molecule has 1 unspecified atom stereocenters. The van der Waals surface area contributed by atoms with Gasteiger partial charge >= 0.3 is 0 Å². The van der Waals surface area contributed by atoms with Gasteiger partial charge < -0.3 is 5.32 Å². The van der Waals surface area contributed by atoms with Crippen LogP contribution in [0.15, 0.2) is 42.5 Å². The van der Waals surface area contributed by atoms with Gasteiger partial charge in [-0.15, -0.1) is 0 Å². The fourth-order valence-corrected chi connectivity index (χ4v) is 2.69. The molecule has 1 atom stereocenters. The van der Waals surface area contributed by atoms with Crippen LogP contribution in [0.4, 0.5) is 0 Å². The summed E-state index contributed by atoms with van der Waals surface area (Å²) in [7, 11) is 0. The second-order valence-electron chi connectivity index (χ2n) is 5.26. The maximum atomic E-state index is 6.49. The van der Waals surface area contributed by atoms with Gasteiger partial charge in [0.2, 0.25) is 0 Å². The lowest BCUT2D eigenvalue weighted by Gasteiger charge is -2.22. The van der Waals surface area contributed by atoms with Gasteiger partial charge in [0, 0.05) is 5.02 Å². The molecule has 0 radical (unpaired) electrons. The molecule has 20 heavy (non-hydrogen) atoms. The number of nitrogens with one attached hydrogen (secondary N) is 1. The maximum Gasteiger partial charge on any atom is 0.0591 e. The Kier molecular flexibility index (Phi) is 5.22. The van der Waals surface area contributed by atoms with E-state index in [4.69, 9.17) is 11.6 Å². The van der Waals surface area contributed by atoms with E-state index < -0.39 is 0 Å². The van der Waals surface area contributed by atoms with Crippen molar-refractivity contribution in [2.45, 2.75) is 33.2 Å². The van der Waals surface area contributed by atoms with Crippen LogP contribution in [0.5, 0.6) is 0 Å². The molecule has 0 saturated carbocycles. The molecule has 106 valence electrons. The number of rotatable bonds is 5. The highest BCUT2D eigenvalue weighted by atomic mass is 35.5. The number of hydrogen-bond donors (Lipinski definition) is 1. The van der Waals surface area contributed by atoms with Gasteiger partial charge in [0.05, 0.1) is 6.04 Å². The van der Waals surface area contributed by atoms with Crippen LogP contribution >= 0.6 is 11.6 Å². The molecule has 0 aliphatic carbocycles. The third-order valence-corrected chi connectivity index (χ3v) is 3.98. The van der Waals surface area contributed by atoms with Crippen LogP contribution in [0, 0.1) is 13.8 Å². The zero-order chi connectivity index (χ0) is 14.5. The van der Waals surface area contributed by atoms with Crippen LogP contribution in [0.2, 0.25) is 5.02 Å². The molecule has 1 nitrogen and oxygen atoms in total. The lowest BCUT2D eigenvalue weighted by Crippen LogP contribution is -2.23. The Morgan fingerprint density at radius 3 is 2.35 bits per heavy atom. The highest BCUT2D eigenvalue weighted by molar-refractivity contribution is 6.31. The summed E-state index contributed by atoms with van der Waals surface area (Å²) in [5.74, 6) is 0. The minimum Gasteiger partial charge on any atom is -0.306 e. The van der Waals surface area contributed by atoms with Crippen LogP contribution in [-0.2, 0) is 0 Å². The average Bonchev–Trinajstić information content (AvgIpc) is 2.45. The van der Waals surface area contributed by atoms with E-state index in [1.165, 1.54) is 16.7 Å². The zero-order valence-electron chi connectivity index (χ0n) is 12.4. The van der Waals surface area contributed by atoms with Crippen LogP contribution in [-0.4, -0.2) is 6.54 Å². The Balaban J connectivity index is 2.44. The molecule has 2 heteroatoms. The highest BCUT2D eigenvalue weighted by Gasteiger charge is 2.17. The molecule has 0 aliphatic heterocycles. The predicted molar refractivity (Wildman–Crippen MR) is 87.5 cm³/mol. The number of halogens is 1. The lowest BCUT2D eigenvalue weighted by atomic mass is 9.95. The maximum absolute atomic E-state index is 6.49. The Morgan fingerprint density at radius 2 is 1.70 bits per heavy atom. The normalized spacial score (nSPS) is 12.4. The van der Waals surface area contributed by atoms with Crippen LogP contribution in [0.25, 0.3) is 0 Å². The van der Waals surface area contributed by atoms with Crippen LogP contribution in [0.1, 0.15) is 41.6 Å². The van der Waals surface area contributed by atoms with Crippen molar-refractivity contribution in [1.29, 1.82) is 0 Å². The highest BCUT2D eigenvalue weighted by Crippen LogP contribution is 2.30. The van der Waals surface area contributed by atoms with Gasteiger partial charge in [-0.2, -0.15) is 0 Å². The van der Waals surface area contributed by atoms with Crippen molar-refractivity contribution in [3.05, 3.63) is 69.7 Å². The summed E-state index contributed by atoms with van der Waals surface area (Å²) in [5, 5.41) is 4.44. The molecule has 0 spiro atoms. The molecule has 0 amide bonds. The Bertz CT molecular complexity index is 563. The first-order valence-corrected chi connectivity index (χ1v) is 7.56. The third-order valence-electron chi connectivity index (χ3n) is 3.66. The Morgan fingerprint density at radius 1 is 1.05 bits per heavy atom. The van der Waals surface area contributed by atoms with E-state index in [2.05, 4.69) is 62.5 Å². The Hall–Kier alpha value is -1.31. The standard InChI is InChI=1S/C18H22ClN/c1-4-10-20-18(15-8-6-5-7-9-15)16-11-13(2)14(3)12-17(16)19/h5-9,11-12,18,20H,4,10H2,1-3H3. The summed E-state index contributed by atoms with van der Waals surface area (Å²) in [4.78, 5) is 0. The number of hydrogen-bond acceptors (Lipinski definition) is 1. The molecule has 2 aromatic rings. The van der Waals surface area contributed by atoms with Gasteiger partial charge in [-0.3, -0.25) is 0 Å². The lowest BCUT2D eigenvalue weighted by molar-refractivity contribution is 0.598. The smallest absolute Gasteiger partial charge is 0.0591 e. The van der Waals surface area contributed by atoms with Crippen molar-refractivity contribution in [2.24, 2.45) is 0 Å². The molecule has 1 N–H and O–H groups in total. The minimum atomic E-state index is 0.156. The topological polar surface area (TPSA) is 12.0 Å². The van der Waals surface area contributed by atoms with Crippen molar-refractivity contribution in [1.82, 2.24) is 5.32 Å². The third kappa shape index (κ3) is 3.41. The fourth-order valence-electron chi connectivity index (χ4n) is 2.37. The largest absolute Gasteiger partial charge is 0.306 e. The van der Waals surface area contributed by atoms with E-state index in [-0.39, 0.29) is 6.04 Å². The molecule has 0 bridgehead atoms. The second kappa shape index (κ2) is 6.92. The fraction of sp³-hybridized carbons (Fsp3) is 0.333. The first-order chi connectivity index (χ1) is 9.63. The SMILES string of the molecule is CCCNC(c1ccccc1)c1cc(C)c(C)cc1Cl. The monoisotopic (exact) mass is 287 g/mol. The summed E-state index contributed by atoms with van der Waals surface area (Å²) >= 11 is 6.49. The van der Waals surface area contributed by atoms with Gasteiger partial charge in [0.25, 0.3) is 0 Å². The quantitative estimate of drug-likeness (QED) is 0.812. The summed E-state index contributed by atoms with van der Waals surface area (Å²) in [6.07, 6.45) is 1.10. The van der Waals surface area contributed by atoms with E-state index in [0.29, 0.717) is 0 Å². The van der Waals surface area contributed by atoms with E-state index >= 15 is 0 Å². The second-order valence-corrected chi connectivity index (χ2v) is 5.66. The summed E-state index contributed by atoms with van der Waals surface area (Å²) in [5.41, 5.74) is 4.94. The first-order valence-electron chi connectivity index (χ1n) is 7.18. The van der Waals surface area contributed by atoms with Crippen molar-refractivity contribution < 1.29 is 0 Å². The predicted octanol–water partition coefficient (Wildman–Crippen LogP) is 5.05. The summed E-state index contributed by atoms with van der Waals surface area (Å²) in [6, 6.07) is 14.9. The van der Waals surface area contributed by atoms with Gasteiger partial charge in [-0.1, -0.05) is 54.9 Å². The van der Waals surface area contributed by atoms with E-state index in [9.17, 15) is 0 Å². The van der Waals surface area contributed by atoms with E-state index in [1.54, 1.807) is 0 Å². The molecular formula is C18H22ClN. The molecular weight excluding hydrogens is 266 g/mol. The average molecular weight is 288 g/mol. The van der Waals surface area contributed by atoms with Crippen molar-refractivity contribution in [2.75, 3.05) is 6.54 Å². The molecule has 0 heterocycles. The summed E-state index contributed by atoms with van der Waals surface area (Å²) < 4.78 is 0. The zero-order valence-corrected chi connectivity index (χ0v) is 13.2. The van der Waals surface area contributed by atoms with Gasteiger partial charge in [-0.05, 0) is 55.1 Å².